The van der Waals surface area contributed by atoms with Crippen molar-refractivity contribution < 1.29 is 167 Å². The number of aromatic hydroxyl groups is 4. The highest BCUT2D eigenvalue weighted by molar-refractivity contribution is 6.32. The van der Waals surface area contributed by atoms with Crippen molar-refractivity contribution in [3.63, 3.8) is 0 Å². The molecule has 45 heteroatoms. The van der Waals surface area contributed by atoms with Crippen LogP contribution in [-0.4, -0.2) is 261 Å². The first-order valence-corrected chi connectivity index (χ1v) is 43.4. The van der Waals surface area contributed by atoms with E-state index in [1.54, 1.807) is 6.08 Å². The van der Waals surface area contributed by atoms with Crippen LogP contribution >= 0.6 is 23.2 Å². The van der Waals surface area contributed by atoms with Crippen molar-refractivity contribution in [1.29, 1.82) is 0 Å². The number of unbranched alkanes of at least 4 members (excludes halogenated alkanes) is 3. The number of nitrogens with two attached hydrogens (primary N) is 1. The molecule has 16 rings (SSSR count). The lowest BCUT2D eigenvalue weighted by atomic mass is 9.89. The fourth-order valence-electron chi connectivity index (χ4n) is 16.5. The van der Waals surface area contributed by atoms with E-state index in [-0.39, 0.29) is 40.8 Å². The SMILES string of the molecule is CCCCC/C=C\CCC(=O)N[C@H]1[C@H](Oc2c3cc4cc2Oc2ccc(cc2Cl)[C@@H](O[C@@H]2O[C@H](CO)[C@@H](O)[C@H](O)[C@H]2NC(C)=O)[C@@H]2NC(=O)[C@@H](NC(=O)[C@@H]4NC(=O)[C@H]4NC(=O)[C@H](NC(=O)[C@H](N)c5ccc(O)c(c5)Oc5cc4cc(O)c5C)[C@H](O)c4ccc(c(Cl)c4)O3)c3ccc(O)c(c3)-c3c(O[C@@H]4O[C@H](CO)[C@@H](O)[C@H](O)[C@H]4O)cc(O)cc3C(C(=O)OC)NC2=O)O[C@H](CO)[C@@H](O)[C@@H]1O. The molecule has 135 heavy (non-hydrogen) atoms. The summed E-state index contributed by atoms with van der Waals surface area (Å²) in [5.74, 6) is -19.7. The lowest BCUT2D eigenvalue weighted by Crippen LogP contribution is -2.65. The fraction of sp³-hybridized carbons (Fsp3) is 0.411. The second kappa shape index (κ2) is 41.9. The smallest absolute Gasteiger partial charge is 0.333 e. The molecule has 0 aliphatic carbocycles. The first-order valence-electron chi connectivity index (χ1n) is 42.7. The summed E-state index contributed by atoms with van der Waals surface area (Å²) in [4.78, 5) is 140. The van der Waals surface area contributed by atoms with Crippen molar-refractivity contribution in [1.82, 2.24) is 42.5 Å². The number of phenolic OH excluding ortho intramolecular Hbond substituents is 4. The number of allylic oxidation sites excluding steroid dienone is 2. The van der Waals surface area contributed by atoms with Crippen LogP contribution in [0, 0.1) is 6.92 Å². The molecule has 17 bridgehead atoms. The van der Waals surface area contributed by atoms with Gasteiger partial charge in [-0.05, 0) is 138 Å². The van der Waals surface area contributed by atoms with Gasteiger partial charge in [-0.1, -0.05) is 79.4 Å². The predicted octanol–water partition coefficient (Wildman–Crippen LogP) is 0.827. The predicted molar refractivity (Wildman–Crippen MR) is 463 cm³/mol. The second-order valence-electron chi connectivity index (χ2n) is 33.0. The standard InChI is InChI=1S/C90H99Cl2N9O34/c1-5-6-7-8-9-10-11-12-60(110)95-69-76(116)73(113)58(32-103)132-89(69)135-80-55-27-41-28-56(80)128-51-20-16-39(23-46(51)92)79(134-88-68(94-35(3)105)75(115)72(112)57(31-102)131-88)70-86(124)99-66(87(125)126-4)44-29-42(106)30-54(130-90-78(118)77(117)74(114)59(33-104)133-90)61(44)43-21-37(14-17-47(43)107)63(82(120)101-70)96-84(122)65(41)97-83(121)64-40-24-49(109)34(2)52(26-40)129-53-25-36(13-18-48(53)108)62(93)81(119)100-67(85(123)98-64)71(111)38-15-19-50(127-55)45(91)22-38/h9-10,13-30,57-59,62-79,88-90,102-104,106-109,111-118H,5-8,11-12,31-33,93H2,1-4H3,(H,94,105)(H,95,110)(H,96,122)(H,97,121)(H,98,123)(H,99,124)(H,100,119)(H,101,120)/b10-9-/t57-,58-,59-,62-,63+,64+,65-,66?,67-,68-,69-,70+,71-,72-,73-,74-,75-,76-,77+,78-,79-,88+,89+,90-/m1/s1. The van der Waals surface area contributed by atoms with E-state index in [0.717, 1.165) is 136 Å². The summed E-state index contributed by atoms with van der Waals surface area (Å²) < 4.78 is 63.0. The van der Waals surface area contributed by atoms with E-state index in [4.69, 9.17) is 76.3 Å². The number of nitrogens with one attached hydrogen (secondary N) is 8. The van der Waals surface area contributed by atoms with Crippen LogP contribution in [0.25, 0.3) is 11.1 Å². The lowest BCUT2D eigenvalue weighted by Gasteiger charge is -2.44. The zero-order valence-electron chi connectivity index (χ0n) is 72.1. The molecule has 8 amide bonds. The Labute approximate surface area is 776 Å². The topological polar surface area (TPSA) is 672 Å². The number of ether oxygens (including phenoxy) is 10. The van der Waals surface area contributed by atoms with Crippen LogP contribution in [0.4, 0.5) is 0 Å². The normalized spacial score (nSPS) is 29.1. The van der Waals surface area contributed by atoms with Crippen molar-refractivity contribution >= 4 is 76.4 Å². The van der Waals surface area contributed by atoms with E-state index in [1.807, 2.05) is 13.0 Å². The van der Waals surface area contributed by atoms with E-state index in [0.29, 0.717) is 6.42 Å². The first-order chi connectivity index (χ1) is 64.4. The molecule has 0 saturated carbocycles. The third kappa shape index (κ3) is 20.9. The van der Waals surface area contributed by atoms with Crippen LogP contribution in [0.5, 0.6) is 69.0 Å². The molecule has 0 radical (unpaired) electrons. The van der Waals surface area contributed by atoms with Crippen LogP contribution in [0.15, 0.2) is 121 Å². The molecule has 1 unspecified atom stereocenters. The Kier molecular flexibility index (Phi) is 30.6. The molecular formula is C90H99Cl2N9O34. The van der Waals surface area contributed by atoms with Crippen molar-refractivity contribution in [2.75, 3.05) is 26.9 Å². The van der Waals surface area contributed by atoms with Crippen molar-refractivity contribution in [3.8, 4) is 80.1 Å². The van der Waals surface area contributed by atoms with Gasteiger partial charge in [0.15, 0.2) is 35.3 Å². The van der Waals surface area contributed by atoms with Gasteiger partial charge in [0.2, 0.25) is 65.6 Å². The van der Waals surface area contributed by atoms with E-state index in [1.165, 1.54) is 13.0 Å². The first kappa shape index (κ1) is 98.6. The van der Waals surface area contributed by atoms with Gasteiger partial charge in [-0.2, -0.15) is 0 Å². The number of fused-ring (bicyclic) bond motifs is 14. The zero-order valence-corrected chi connectivity index (χ0v) is 73.6. The maximum Gasteiger partial charge on any atom is 0.333 e. The number of aliphatic hydroxyl groups excluding tert-OH is 11. The van der Waals surface area contributed by atoms with Crippen LogP contribution < -0.4 is 72.0 Å². The van der Waals surface area contributed by atoms with Crippen LogP contribution in [0.1, 0.15) is 139 Å². The van der Waals surface area contributed by atoms with Gasteiger partial charge in [-0.25, -0.2) is 4.79 Å². The molecule has 9 aliphatic heterocycles. The Balaban J connectivity index is 1.05. The van der Waals surface area contributed by atoms with Gasteiger partial charge in [-0.3, -0.25) is 38.4 Å². The number of carbonyl (C=O) groups is 9. The van der Waals surface area contributed by atoms with Crippen molar-refractivity contribution in [3.05, 3.63) is 176 Å². The van der Waals surface area contributed by atoms with Gasteiger partial charge in [0.25, 0.3) is 0 Å². The number of esters is 1. The van der Waals surface area contributed by atoms with Gasteiger partial charge in [0.05, 0.1) is 37.0 Å². The molecule has 25 N–H and O–H groups in total. The quantitative estimate of drug-likeness (QED) is 0.0303. The minimum absolute atomic E-state index is 0.0517. The Morgan fingerprint density at radius 2 is 1.01 bits per heavy atom. The molecular weight excluding hydrogens is 1820 g/mol. The second-order valence-corrected chi connectivity index (χ2v) is 33.8. The monoisotopic (exact) mass is 1920 g/mol. The molecule has 43 nitrogen and oxygen atoms in total. The van der Waals surface area contributed by atoms with Crippen LogP contribution in [-0.2, 0) is 66.8 Å². The summed E-state index contributed by atoms with van der Waals surface area (Å²) in [6.45, 7) is 1.19. The molecule has 3 fully saturated rings. The number of amides is 8. The van der Waals surface area contributed by atoms with Gasteiger partial charge < -0.3 is 172 Å². The minimum Gasteiger partial charge on any atom is -0.508 e. The van der Waals surface area contributed by atoms with E-state index in [9.17, 15) is 95.8 Å². The molecule has 722 valence electrons. The summed E-state index contributed by atoms with van der Waals surface area (Å²) in [6.07, 6.45) is -24.0. The Morgan fingerprint density at radius 1 is 0.489 bits per heavy atom. The molecule has 0 spiro atoms. The number of carbonyl (C=O) groups excluding carboxylic acids is 9. The number of hydrogen-bond donors (Lipinski definition) is 24. The lowest BCUT2D eigenvalue weighted by molar-refractivity contribution is -0.284. The summed E-state index contributed by atoms with van der Waals surface area (Å²) in [5.41, 5.74) is 2.34. The van der Waals surface area contributed by atoms with E-state index < -0.39 is 326 Å². The van der Waals surface area contributed by atoms with E-state index >= 15 is 24.0 Å². The molecule has 9 heterocycles. The van der Waals surface area contributed by atoms with Gasteiger partial charge in [0, 0.05) is 41.7 Å². The highest BCUT2D eigenvalue weighted by Crippen LogP contribution is 2.52. The summed E-state index contributed by atoms with van der Waals surface area (Å²) in [7, 11) is 0.845. The van der Waals surface area contributed by atoms with Crippen LogP contribution in [0.3, 0.4) is 0 Å². The summed E-state index contributed by atoms with van der Waals surface area (Å²) >= 11 is 14.7. The highest BCUT2D eigenvalue weighted by Gasteiger charge is 2.53. The molecule has 24 atom stereocenters. The summed E-state index contributed by atoms with van der Waals surface area (Å²) in [5, 5.41) is 192. The Morgan fingerprint density at radius 3 is 1.63 bits per heavy atom. The zero-order chi connectivity index (χ0) is 97.1. The molecule has 7 aromatic carbocycles. The number of methoxy groups -OCH3 is 1. The number of phenols is 4. The number of benzene rings is 7. The molecule has 7 aromatic rings. The maximum absolute atomic E-state index is 17.1. The van der Waals surface area contributed by atoms with Crippen molar-refractivity contribution in [2.24, 2.45) is 5.73 Å². The number of rotatable bonds is 19. The summed E-state index contributed by atoms with van der Waals surface area (Å²) in [6, 6.07) is -1.55. The minimum atomic E-state index is -2.57. The molecule has 0 aromatic heterocycles. The number of hydrogen-bond acceptors (Lipinski definition) is 35. The largest absolute Gasteiger partial charge is 0.508 e. The van der Waals surface area contributed by atoms with Crippen LogP contribution in [0.2, 0.25) is 10.0 Å². The molecule has 3 saturated heterocycles. The number of aliphatic hydroxyl groups is 11. The fourth-order valence-corrected chi connectivity index (χ4v) is 17.0. The third-order valence-electron chi connectivity index (χ3n) is 23.9. The van der Waals surface area contributed by atoms with E-state index in [2.05, 4.69) is 42.5 Å². The van der Waals surface area contributed by atoms with Crippen molar-refractivity contribution in [2.45, 2.75) is 206 Å². The Hall–Kier alpha value is -12.4. The molecule has 9 aliphatic rings. The number of halogens is 2. The third-order valence-corrected chi connectivity index (χ3v) is 24.5. The highest BCUT2D eigenvalue weighted by atomic mass is 35.5. The average molecular weight is 1920 g/mol. The maximum atomic E-state index is 17.1. The average Bonchev–Trinajstić information content (AvgIpc) is 0.757. The Bertz CT molecular complexity index is 5720. The van der Waals surface area contributed by atoms with Gasteiger partial charge in [-0.15, -0.1) is 0 Å². The van der Waals surface area contributed by atoms with Gasteiger partial charge >= 0.3 is 5.97 Å². The van der Waals surface area contributed by atoms with Gasteiger partial charge in [0.1, 0.15) is 162 Å².